The highest BCUT2D eigenvalue weighted by Crippen LogP contribution is 2.15. The Morgan fingerprint density at radius 1 is 0.842 bits per heavy atom. The van der Waals surface area contributed by atoms with Gasteiger partial charge in [0.2, 0.25) is 0 Å². The smallest absolute Gasteiger partial charge is 0.173 e. The molecule has 0 aliphatic carbocycles. The predicted octanol–water partition coefficient (Wildman–Crippen LogP) is 3.70. The molecule has 0 bridgehead atoms. The van der Waals surface area contributed by atoms with Crippen LogP contribution in [0.4, 0.5) is 0 Å². The molecule has 19 heavy (non-hydrogen) atoms. The second-order valence-corrected chi connectivity index (χ2v) is 4.69. The van der Waals surface area contributed by atoms with Gasteiger partial charge in [0.15, 0.2) is 11.6 Å². The van der Waals surface area contributed by atoms with Gasteiger partial charge in [-0.2, -0.15) is 0 Å². The second-order valence-electron chi connectivity index (χ2n) is 4.69. The van der Waals surface area contributed by atoms with E-state index in [1.54, 1.807) is 37.3 Å². The molecular formula is C17H16O2. The number of hydrogen-bond acceptors (Lipinski definition) is 2. The molecule has 0 saturated heterocycles. The molecule has 0 aliphatic heterocycles. The third kappa shape index (κ3) is 2.97. The summed E-state index contributed by atoms with van der Waals surface area (Å²) in [5.41, 5.74) is 2.19. The lowest BCUT2D eigenvalue weighted by atomic mass is 9.91. The maximum absolute atomic E-state index is 12.3. The van der Waals surface area contributed by atoms with Crippen LogP contribution in [0.25, 0.3) is 0 Å². The molecule has 0 spiro atoms. The van der Waals surface area contributed by atoms with Gasteiger partial charge in [-0.1, -0.05) is 54.1 Å². The summed E-state index contributed by atoms with van der Waals surface area (Å²) >= 11 is 0. The van der Waals surface area contributed by atoms with Gasteiger partial charge < -0.3 is 0 Å². The Morgan fingerprint density at radius 3 is 2.05 bits per heavy atom. The van der Waals surface area contributed by atoms with Gasteiger partial charge in [-0.25, -0.2) is 0 Å². The molecule has 0 amide bonds. The Kier molecular flexibility index (Phi) is 3.91. The zero-order chi connectivity index (χ0) is 13.8. The molecule has 2 aromatic carbocycles. The normalized spacial score (nSPS) is 11.9. The lowest BCUT2D eigenvalue weighted by molar-refractivity contribution is 0.0820. The number of carbonyl (C=O) groups excluding carboxylic acids is 2. The van der Waals surface area contributed by atoms with Gasteiger partial charge in [-0.15, -0.1) is 0 Å². The van der Waals surface area contributed by atoms with Gasteiger partial charge in [0.25, 0.3) is 0 Å². The molecule has 0 radical (unpaired) electrons. The summed E-state index contributed by atoms with van der Waals surface area (Å²) in [5, 5.41) is 0. The molecular weight excluding hydrogens is 236 g/mol. The number of rotatable bonds is 4. The zero-order valence-electron chi connectivity index (χ0n) is 11.1. The number of ketones is 2. The molecule has 0 saturated carbocycles. The molecule has 0 aromatic heterocycles. The number of aryl methyl sites for hydroxylation is 1. The lowest BCUT2D eigenvalue weighted by Crippen LogP contribution is -2.21. The summed E-state index contributed by atoms with van der Waals surface area (Å²) in [6, 6.07) is 16.3. The molecule has 96 valence electrons. The zero-order valence-corrected chi connectivity index (χ0v) is 11.1. The minimum absolute atomic E-state index is 0.127. The fourth-order valence-electron chi connectivity index (χ4n) is 2.02. The van der Waals surface area contributed by atoms with Gasteiger partial charge >= 0.3 is 0 Å². The van der Waals surface area contributed by atoms with E-state index in [1.165, 1.54) is 0 Å². The third-order valence-electron chi connectivity index (χ3n) is 3.15. The summed E-state index contributed by atoms with van der Waals surface area (Å²) in [6.07, 6.45) is 0. The van der Waals surface area contributed by atoms with Gasteiger partial charge in [0.05, 0.1) is 5.92 Å². The number of Topliss-reactive ketones (excluding diaryl/α,β-unsaturated/α-hetero) is 2. The van der Waals surface area contributed by atoms with E-state index in [0.29, 0.717) is 11.1 Å². The Balaban J connectivity index is 2.23. The van der Waals surface area contributed by atoms with Crippen molar-refractivity contribution in [1.29, 1.82) is 0 Å². The summed E-state index contributed by atoms with van der Waals surface area (Å²) in [4.78, 5) is 24.5. The fraction of sp³-hybridized carbons (Fsp3) is 0.176. The second kappa shape index (κ2) is 5.61. The summed E-state index contributed by atoms with van der Waals surface area (Å²) in [6.45, 7) is 3.60. The van der Waals surface area contributed by atoms with Crippen LogP contribution >= 0.6 is 0 Å². The highest BCUT2D eigenvalue weighted by Gasteiger charge is 2.23. The van der Waals surface area contributed by atoms with Crippen molar-refractivity contribution >= 4 is 11.6 Å². The van der Waals surface area contributed by atoms with Gasteiger partial charge in [-0.05, 0) is 19.9 Å². The van der Waals surface area contributed by atoms with Crippen molar-refractivity contribution in [3.63, 3.8) is 0 Å². The van der Waals surface area contributed by atoms with E-state index in [1.807, 2.05) is 31.2 Å². The van der Waals surface area contributed by atoms with Crippen molar-refractivity contribution in [2.45, 2.75) is 13.8 Å². The van der Waals surface area contributed by atoms with Crippen molar-refractivity contribution in [3.8, 4) is 0 Å². The minimum Gasteiger partial charge on any atom is -0.293 e. The molecule has 1 unspecified atom stereocenters. The van der Waals surface area contributed by atoms with Gasteiger partial charge in [0, 0.05) is 11.1 Å². The standard InChI is InChI=1S/C17H16O2/c1-12-7-6-10-15(11-12)17(19)13(2)16(18)14-8-4-3-5-9-14/h3-11,13H,1-2H3. The highest BCUT2D eigenvalue weighted by molar-refractivity contribution is 6.15. The first-order valence-corrected chi connectivity index (χ1v) is 6.29. The van der Waals surface area contributed by atoms with E-state index in [-0.39, 0.29) is 11.6 Å². The largest absolute Gasteiger partial charge is 0.293 e. The van der Waals surface area contributed by atoms with Crippen LogP contribution in [0.15, 0.2) is 54.6 Å². The summed E-state index contributed by atoms with van der Waals surface area (Å²) in [7, 11) is 0. The van der Waals surface area contributed by atoms with E-state index < -0.39 is 5.92 Å². The van der Waals surface area contributed by atoms with Crippen molar-refractivity contribution in [2.24, 2.45) is 5.92 Å². The van der Waals surface area contributed by atoms with Crippen LogP contribution < -0.4 is 0 Å². The molecule has 1 atom stereocenters. The van der Waals surface area contributed by atoms with E-state index in [0.717, 1.165) is 5.56 Å². The van der Waals surface area contributed by atoms with Crippen LogP contribution in [0.2, 0.25) is 0 Å². The van der Waals surface area contributed by atoms with Crippen LogP contribution in [-0.2, 0) is 0 Å². The lowest BCUT2D eigenvalue weighted by Gasteiger charge is -2.10. The molecule has 0 fully saturated rings. The maximum atomic E-state index is 12.3. The van der Waals surface area contributed by atoms with E-state index >= 15 is 0 Å². The van der Waals surface area contributed by atoms with Crippen LogP contribution in [0.5, 0.6) is 0 Å². The Bertz CT molecular complexity index is 600. The minimum atomic E-state index is -0.649. The van der Waals surface area contributed by atoms with Crippen molar-refractivity contribution < 1.29 is 9.59 Å². The Labute approximate surface area is 113 Å². The number of benzene rings is 2. The first-order chi connectivity index (χ1) is 9.09. The van der Waals surface area contributed by atoms with Crippen molar-refractivity contribution in [2.75, 3.05) is 0 Å². The van der Waals surface area contributed by atoms with E-state index in [4.69, 9.17) is 0 Å². The number of hydrogen-bond donors (Lipinski definition) is 0. The van der Waals surface area contributed by atoms with Gasteiger partial charge in [0.1, 0.15) is 0 Å². The molecule has 2 rings (SSSR count). The highest BCUT2D eigenvalue weighted by atomic mass is 16.1. The van der Waals surface area contributed by atoms with Crippen molar-refractivity contribution in [3.05, 3.63) is 71.3 Å². The predicted molar refractivity (Wildman–Crippen MR) is 75.4 cm³/mol. The van der Waals surface area contributed by atoms with Crippen LogP contribution in [-0.4, -0.2) is 11.6 Å². The molecule has 0 N–H and O–H groups in total. The van der Waals surface area contributed by atoms with Crippen LogP contribution in [0.1, 0.15) is 33.2 Å². The maximum Gasteiger partial charge on any atom is 0.173 e. The van der Waals surface area contributed by atoms with E-state index in [2.05, 4.69) is 0 Å². The van der Waals surface area contributed by atoms with Crippen LogP contribution in [0, 0.1) is 12.8 Å². The molecule has 0 heterocycles. The first kappa shape index (κ1) is 13.2. The first-order valence-electron chi connectivity index (χ1n) is 6.29. The molecule has 2 heteroatoms. The topological polar surface area (TPSA) is 34.1 Å². The number of carbonyl (C=O) groups is 2. The molecule has 2 nitrogen and oxygen atoms in total. The Morgan fingerprint density at radius 2 is 1.42 bits per heavy atom. The average Bonchev–Trinajstić information content (AvgIpc) is 2.46. The fourth-order valence-corrected chi connectivity index (χ4v) is 2.02. The SMILES string of the molecule is Cc1cccc(C(=O)C(C)C(=O)c2ccccc2)c1. The van der Waals surface area contributed by atoms with E-state index in [9.17, 15) is 9.59 Å². The molecule has 0 aliphatic rings. The van der Waals surface area contributed by atoms with Crippen molar-refractivity contribution in [1.82, 2.24) is 0 Å². The summed E-state index contributed by atoms with van der Waals surface area (Å²) < 4.78 is 0. The monoisotopic (exact) mass is 252 g/mol. The Hall–Kier alpha value is -2.22. The summed E-state index contributed by atoms with van der Waals surface area (Å²) in [5.74, 6) is -0.908. The average molecular weight is 252 g/mol. The molecule has 2 aromatic rings. The third-order valence-corrected chi connectivity index (χ3v) is 3.15. The quantitative estimate of drug-likeness (QED) is 0.614. The van der Waals surface area contributed by atoms with Gasteiger partial charge in [-0.3, -0.25) is 9.59 Å². The van der Waals surface area contributed by atoms with Crippen LogP contribution in [0.3, 0.4) is 0 Å².